The van der Waals surface area contributed by atoms with Crippen LogP contribution in [0.25, 0.3) is 5.52 Å². The Balaban J connectivity index is 1.71. The Hall–Kier alpha value is -1.59. The number of aromatic nitrogens is 3. The lowest BCUT2D eigenvalue weighted by Crippen LogP contribution is -2.06. The van der Waals surface area contributed by atoms with Gasteiger partial charge in [0.15, 0.2) is 5.82 Å². The van der Waals surface area contributed by atoms with Gasteiger partial charge >= 0.3 is 0 Å². The van der Waals surface area contributed by atoms with Gasteiger partial charge in [0.1, 0.15) is 5.52 Å². The second kappa shape index (κ2) is 5.19. The van der Waals surface area contributed by atoms with E-state index in [0.29, 0.717) is 0 Å². The molecule has 3 rings (SSSR count). The van der Waals surface area contributed by atoms with Crippen molar-refractivity contribution in [2.75, 3.05) is 11.9 Å². The quantitative estimate of drug-likeness (QED) is 0.801. The summed E-state index contributed by atoms with van der Waals surface area (Å²) in [7, 11) is 0. The van der Waals surface area contributed by atoms with Crippen LogP contribution in [0, 0.1) is 6.92 Å². The fourth-order valence-electron chi connectivity index (χ4n) is 1.97. The van der Waals surface area contributed by atoms with E-state index in [4.69, 9.17) is 11.6 Å². The molecule has 19 heavy (non-hydrogen) atoms. The van der Waals surface area contributed by atoms with Crippen LogP contribution >= 0.6 is 22.9 Å². The number of anilines is 1. The molecule has 0 saturated heterocycles. The Kier molecular flexibility index (Phi) is 3.40. The van der Waals surface area contributed by atoms with E-state index in [1.165, 1.54) is 4.88 Å². The van der Waals surface area contributed by atoms with Crippen molar-refractivity contribution in [2.24, 2.45) is 0 Å². The summed E-state index contributed by atoms with van der Waals surface area (Å²) < 4.78 is 2.67. The molecule has 0 radical (unpaired) electrons. The smallest absolute Gasteiger partial charge is 0.152 e. The number of nitrogens with one attached hydrogen (secondary N) is 1. The van der Waals surface area contributed by atoms with Gasteiger partial charge in [0.2, 0.25) is 0 Å². The van der Waals surface area contributed by atoms with E-state index in [-0.39, 0.29) is 0 Å². The molecule has 0 unspecified atom stereocenters. The second-order valence-corrected chi connectivity index (χ2v) is 6.07. The Morgan fingerprint density at radius 2 is 2.32 bits per heavy atom. The molecule has 6 heteroatoms. The minimum atomic E-state index is 0.827. The molecule has 3 heterocycles. The monoisotopic (exact) mass is 292 g/mol. The molecule has 0 atom stereocenters. The maximum absolute atomic E-state index is 5.91. The SMILES string of the molecule is Cc1cc2c(NCCc3ccc(Cl)s3)nccn2n1. The van der Waals surface area contributed by atoms with E-state index < -0.39 is 0 Å². The number of fused-ring (bicyclic) bond motifs is 1. The van der Waals surface area contributed by atoms with Crippen molar-refractivity contribution >= 4 is 34.3 Å². The van der Waals surface area contributed by atoms with Gasteiger partial charge in [0.05, 0.1) is 10.0 Å². The van der Waals surface area contributed by atoms with E-state index >= 15 is 0 Å². The van der Waals surface area contributed by atoms with E-state index in [0.717, 1.165) is 34.3 Å². The molecule has 4 nitrogen and oxygen atoms in total. The zero-order chi connectivity index (χ0) is 13.2. The molecule has 0 aromatic carbocycles. The maximum atomic E-state index is 5.91. The molecule has 3 aromatic heterocycles. The van der Waals surface area contributed by atoms with E-state index in [1.54, 1.807) is 17.5 Å². The number of hydrogen-bond acceptors (Lipinski definition) is 4. The summed E-state index contributed by atoms with van der Waals surface area (Å²) in [6.45, 7) is 2.80. The molecule has 0 aliphatic carbocycles. The highest BCUT2D eigenvalue weighted by molar-refractivity contribution is 7.16. The summed E-state index contributed by atoms with van der Waals surface area (Å²) in [4.78, 5) is 5.63. The molecule has 1 N–H and O–H groups in total. The first kappa shape index (κ1) is 12.4. The number of rotatable bonds is 4. The third kappa shape index (κ3) is 2.72. The molecule has 0 spiro atoms. The summed E-state index contributed by atoms with van der Waals surface area (Å²) in [6.07, 6.45) is 4.55. The number of hydrogen-bond donors (Lipinski definition) is 1. The number of halogens is 1. The molecule has 0 fully saturated rings. The van der Waals surface area contributed by atoms with Crippen LogP contribution in [0.3, 0.4) is 0 Å². The zero-order valence-corrected chi connectivity index (χ0v) is 12.0. The van der Waals surface area contributed by atoms with Gasteiger partial charge in [-0.05, 0) is 31.5 Å². The Bertz CT molecular complexity index is 704. The topological polar surface area (TPSA) is 42.2 Å². The first-order valence-corrected chi connectivity index (χ1v) is 7.21. The van der Waals surface area contributed by atoms with Gasteiger partial charge in [-0.3, -0.25) is 0 Å². The third-order valence-corrected chi connectivity index (χ3v) is 4.10. The van der Waals surface area contributed by atoms with Crippen LogP contribution in [0.2, 0.25) is 4.34 Å². The standard InChI is InChI=1S/C13H13ClN4S/c1-9-8-11-13(16-6-7-18(11)17-9)15-5-4-10-2-3-12(14)19-10/h2-3,6-8H,4-5H2,1H3,(H,15,16). The predicted octanol–water partition coefficient (Wildman–Crippen LogP) is 3.41. The lowest BCUT2D eigenvalue weighted by Gasteiger charge is -2.05. The average molecular weight is 293 g/mol. The van der Waals surface area contributed by atoms with Crippen LogP contribution in [-0.4, -0.2) is 21.1 Å². The van der Waals surface area contributed by atoms with Gasteiger partial charge in [-0.1, -0.05) is 11.6 Å². The van der Waals surface area contributed by atoms with Crippen molar-refractivity contribution in [1.82, 2.24) is 14.6 Å². The van der Waals surface area contributed by atoms with Gasteiger partial charge < -0.3 is 5.32 Å². The first-order valence-electron chi connectivity index (χ1n) is 6.01. The molecule has 98 valence electrons. The molecule has 0 aliphatic heterocycles. The molecule has 3 aromatic rings. The highest BCUT2D eigenvalue weighted by atomic mass is 35.5. The Labute approximate surface area is 120 Å². The molecular weight excluding hydrogens is 280 g/mol. The molecule has 0 saturated carbocycles. The summed E-state index contributed by atoms with van der Waals surface area (Å²) in [5.41, 5.74) is 1.99. The second-order valence-electron chi connectivity index (χ2n) is 4.27. The van der Waals surface area contributed by atoms with Crippen molar-refractivity contribution in [1.29, 1.82) is 0 Å². The molecule has 0 aliphatic rings. The van der Waals surface area contributed by atoms with Gasteiger partial charge in [-0.2, -0.15) is 5.10 Å². The Morgan fingerprint density at radius 3 is 3.11 bits per heavy atom. The van der Waals surface area contributed by atoms with Crippen LogP contribution in [0.15, 0.2) is 30.6 Å². The van der Waals surface area contributed by atoms with Crippen molar-refractivity contribution in [2.45, 2.75) is 13.3 Å². The minimum absolute atomic E-state index is 0.827. The molecular formula is C13H13ClN4S. The summed E-state index contributed by atoms with van der Waals surface area (Å²) >= 11 is 7.53. The number of aryl methyl sites for hydroxylation is 1. The normalized spacial score (nSPS) is 11.1. The van der Waals surface area contributed by atoms with Crippen LogP contribution < -0.4 is 5.32 Å². The third-order valence-electron chi connectivity index (χ3n) is 2.80. The predicted molar refractivity (Wildman–Crippen MR) is 79.2 cm³/mol. The highest BCUT2D eigenvalue weighted by Crippen LogP contribution is 2.22. The van der Waals surface area contributed by atoms with E-state index in [2.05, 4.69) is 21.5 Å². The van der Waals surface area contributed by atoms with Crippen molar-refractivity contribution in [3.8, 4) is 0 Å². The van der Waals surface area contributed by atoms with E-state index in [9.17, 15) is 0 Å². The number of nitrogens with zero attached hydrogens (tertiary/aromatic N) is 3. The minimum Gasteiger partial charge on any atom is -0.368 e. The summed E-state index contributed by atoms with van der Waals surface area (Å²) in [5.74, 6) is 0.866. The first-order chi connectivity index (χ1) is 9.22. The van der Waals surface area contributed by atoms with Crippen LogP contribution in [0.4, 0.5) is 5.82 Å². The average Bonchev–Trinajstić information content (AvgIpc) is 2.95. The largest absolute Gasteiger partial charge is 0.368 e. The van der Waals surface area contributed by atoms with Crippen LogP contribution in [0.5, 0.6) is 0 Å². The van der Waals surface area contributed by atoms with Gasteiger partial charge in [0, 0.05) is 23.8 Å². The summed E-state index contributed by atoms with van der Waals surface area (Å²) in [5, 5.41) is 7.72. The molecule has 0 amide bonds. The highest BCUT2D eigenvalue weighted by Gasteiger charge is 2.05. The van der Waals surface area contributed by atoms with Crippen LogP contribution in [0.1, 0.15) is 10.6 Å². The molecule has 0 bridgehead atoms. The number of thiophene rings is 1. The zero-order valence-electron chi connectivity index (χ0n) is 10.4. The summed E-state index contributed by atoms with van der Waals surface area (Å²) in [6, 6.07) is 6.02. The lowest BCUT2D eigenvalue weighted by molar-refractivity contribution is 0.918. The van der Waals surface area contributed by atoms with Crippen molar-refractivity contribution in [3.05, 3.63) is 45.5 Å². The lowest BCUT2D eigenvalue weighted by atomic mass is 10.3. The van der Waals surface area contributed by atoms with Crippen LogP contribution in [-0.2, 0) is 6.42 Å². The fourth-order valence-corrected chi connectivity index (χ4v) is 3.06. The maximum Gasteiger partial charge on any atom is 0.152 e. The van der Waals surface area contributed by atoms with Crippen molar-refractivity contribution < 1.29 is 0 Å². The van der Waals surface area contributed by atoms with E-state index in [1.807, 2.05) is 29.8 Å². The van der Waals surface area contributed by atoms with Gasteiger partial charge in [-0.15, -0.1) is 11.3 Å². The van der Waals surface area contributed by atoms with Gasteiger partial charge in [0.25, 0.3) is 0 Å². The van der Waals surface area contributed by atoms with Crippen molar-refractivity contribution in [3.63, 3.8) is 0 Å². The van der Waals surface area contributed by atoms with Gasteiger partial charge in [-0.25, -0.2) is 9.50 Å². The fraction of sp³-hybridized carbons (Fsp3) is 0.231. The Morgan fingerprint density at radius 1 is 1.42 bits per heavy atom.